The predicted molar refractivity (Wildman–Crippen MR) is 120 cm³/mol. The van der Waals surface area contributed by atoms with Crippen LogP contribution >= 0.6 is 0 Å². The third kappa shape index (κ3) is 4.91. The number of esters is 2. The maximum absolute atomic E-state index is 13.3. The summed E-state index contributed by atoms with van der Waals surface area (Å²) < 4.78 is 16.3. The van der Waals surface area contributed by atoms with Crippen molar-refractivity contribution in [2.45, 2.75) is 57.2 Å². The maximum Gasteiger partial charge on any atom is 0.336 e. The van der Waals surface area contributed by atoms with Gasteiger partial charge < -0.3 is 34.6 Å². The second-order valence-corrected chi connectivity index (χ2v) is 8.14. The maximum atomic E-state index is 13.3. The Morgan fingerprint density at radius 2 is 1.65 bits per heavy atom. The Morgan fingerprint density at radius 1 is 1.00 bits per heavy atom. The fraction of sp³-hybridized carbons (Fsp3) is 0.542. The Balaban J connectivity index is 2.24. The van der Waals surface area contributed by atoms with Gasteiger partial charge in [-0.1, -0.05) is 30.3 Å². The van der Waals surface area contributed by atoms with E-state index >= 15 is 0 Å². The summed E-state index contributed by atoms with van der Waals surface area (Å²) in [6.07, 6.45) is -7.48. The minimum absolute atomic E-state index is 0.0268. The Bertz CT molecular complexity index is 943. The summed E-state index contributed by atoms with van der Waals surface area (Å²) in [6, 6.07) is 8.81. The number of nitrogens with zero attached hydrogens (tertiary/aromatic N) is 1. The third-order valence-electron chi connectivity index (χ3n) is 6.02. The Hall–Kier alpha value is -2.63. The van der Waals surface area contributed by atoms with Gasteiger partial charge in [0.1, 0.15) is 36.4 Å². The van der Waals surface area contributed by atoms with Gasteiger partial charge in [0.25, 0.3) is 0 Å². The molecule has 0 radical (unpaired) electrons. The lowest BCUT2D eigenvalue weighted by Gasteiger charge is -2.42. The number of carbonyl (C=O) groups excluding carboxylic acids is 2. The topological polar surface area (TPSA) is 155 Å². The van der Waals surface area contributed by atoms with E-state index in [0.717, 1.165) is 0 Å². The first-order chi connectivity index (χ1) is 16.3. The van der Waals surface area contributed by atoms with Gasteiger partial charge in [-0.3, -0.25) is 9.79 Å². The summed E-state index contributed by atoms with van der Waals surface area (Å²) >= 11 is 0. The van der Waals surface area contributed by atoms with E-state index in [-0.39, 0.29) is 24.5 Å². The quantitative estimate of drug-likeness (QED) is 0.400. The van der Waals surface area contributed by atoms with E-state index in [1.807, 2.05) is 0 Å². The van der Waals surface area contributed by atoms with Crippen LogP contribution in [0.2, 0.25) is 0 Å². The highest BCUT2D eigenvalue weighted by atomic mass is 16.6. The monoisotopic (exact) mass is 477 g/mol. The lowest BCUT2D eigenvalue weighted by molar-refractivity contribution is -0.220. The largest absolute Gasteiger partial charge is 0.465 e. The van der Waals surface area contributed by atoms with Gasteiger partial charge in [0, 0.05) is 11.6 Å². The first-order valence-electron chi connectivity index (χ1n) is 11.2. The fourth-order valence-electron chi connectivity index (χ4n) is 4.43. The number of aliphatic hydroxyl groups is 4. The van der Waals surface area contributed by atoms with E-state index in [9.17, 15) is 30.0 Å². The Morgan fingerprint density at radius 3 is 2.24 bits per heavy atom. The normalized spacial score (nSPS) is 31.6. The van der Waals surface area contributed by atoms with Crippen LogP contribution in [0.3, 0.4) is 0 Å². The SMILES string of the molecule is CCOC(=O)C1=C(C2OC(CO)C(O)C(O)C2O)N=C(C)C(C(=O)OCC)C1c1ccccc1. The second kappa shape index (κ2) is 11.2. The number of aliphatic hydroxyl groups excluding tert-OH is 4. The molecule has 1 saturated heterocycles. The summed E-state index contributed by atoms with van der Waals surface area (Å²) in [5, 5.41) is 40.9. The lowest BCUT2D eigenvalue weighted by Crippen LogP contribution is -2.59. The average molecular weight is 478 g/mol. The van der Waals surface area contributed by atoms with Crippen molar-refractivity contribution in [1.82, 2.24) is 0 Å². The van der Waals surface area contributed by atoms with Gasteiger partial charge >= 0.3 is 11.9 Å². The molecule has 7 unspecified atom stereocenters. The summed E-state index contributed by atoms with van der Waals surface area (Å²) in [5.74, 6) is -3.17. The van der Waals surface area contributed by atoms with E-state index in [4.69, 9.17) is 14.2 Å². The summed E-state index contributed by atoms with van der Waals surface area (Å²) in [5.41, 5.74) is 0.857. The van der Waals surface area contributed by atoms with Crippen molar-refractivity contribution in [1.29, 1.82) is 0 Å². The number of carbonyl (C=O) groups is 2. The minimum atomic E-state index is -1.67. The van der Waals surface area contributed by atoms with Gasteiger partial charge in [-0.2, -0.15) is 0 Å². The van der Waals surface area contributed by atoms with Gasteiger partial charge in [-0.15, -0.1) is 0 Å². The zero-order valence-corrected chi connectivity index (χ0v) is 19.3. The zero-order valence-electron chi connectivity index (χ0n) is 19.3. The molecule has 0 saturated carbocycles. The average Bonchev–Trinajstić information content (AvgIpc) is 2.83. The molecule has 4 N–H and O–H groups in total. The van der Waals surface area contributed by atoms with E-state index < -0.39 is 60.9 Å². The van der Waals surface area contributed by atoms with Crippen LogP contribution < -0.4 is 0 Å². The van der Waals surface area contributed by atoms with E-state index in [0.29, 0.717) is 11.3 Å². The van der Waals surface area contributed by atoms with E-state index in [2.05, 4.69) is 4.99 Å². The van der Waals surface area contributed by atoms with E-state index in [1.54, 1.807) is 51.1 Å². The molecule has 1 fully saturated rings. The first-order valence-corrected chi connectivity index (χ1v) is 11.2. The van der Waals surface area contributed by atoms with Crippen LogP contribution in [0, 0.1) is 5.92 Å². The summed E-state index contributed by atoms with van der Waals surface area (Å²) in [7, 11) is 0. The molecule has 34 heavy (non-hydrogen) atoms. The molecule has 0 bridgehead atoms. The molecule has 10 heteroatoms. The molecule has 2 aliphatic rings. The van der Waals surface area contributed by atoms with Crippen molar-refractivity contribution >= 4 is 17.7 Å². The minimum Gasteiger partial charge on any atom is -0.465 e. The van der Waals surface area contributed by atoms with Crippen LogP contribution in [0.15, 0.2) is 46.6 Å². The van der Waals surface area contributed by atoms with Crippen molar-refractivity contribution in [2.75, 3.05) is 19.8 Å². The molecule has 10 nitrogen and oxygen atoms in total. The van der Waals surface area contributed by atoms with Gasteiger partial charge in [-0.25, -0.2) is 4.79 Å². The van der Waals surface area contributed by atoms with Gasteiger partial charge in [0.05, 0.1) is 31.1 Å². The van der Waals surface area contributed by atoms with Crippen LogP contribution in [-0.2, 0) is 23.8 Å². The molecule has 2 aliphatic heterocycles. The highest BCUT2D eigenvalue weighted by molar-refractivity contribution is 6.07. The molecular formula is C24H31NO9. The number of rotatable bonds is 7. The number of aliphatic imine (C=N–C) groups is 1. The molecule has 3 rings (SSSR count). The number of ether oxygens (including phenoxy) is 3. The van der Waals surface area contributed by atoms with Gasteiger partial charge in [-0.05, 0) is 26.3 Å². The molecule has 1 aromatic rings. The Kier molecular flexibility index (Phi) is 8.56. The van der Waals surface area contributed by atoms with Crippen LogP contribution in [0.4, 0.5) is 0 Å². The fourth-order valence-corrected chi connectivity index (χ4v) is 4.43. The van der Waals surface area contributed by atoms with Gasteiger partial charge in [0.2, 0.25) is 0 Å². The molecular weight excluding hydrogens is 446 g/mol. The van der Waals surface area contributed by atoms with Crippen LogP contribution in [-0.4, -0.2) is 88.4 Å². The summed E-state index contributed by atoms with van der Waals surface area (Å²) in [4.78, 5) is 30.7. The van der Waals surface area contributed by atoms with Crippen molar-refractivity contribution in [3.8, 4) is 0 Å². The molecule has 0 spiro atoms. The molecule has 0 aliphatic carbocycles. The standard InChI is InChI=1S/C24H31NO9/c1-4-32-23(30)15-12(3)25-18(22-21(29)20(28)19(27)14(11-26)34-22)17(24(31)33-5-2)16(15)13-9-7-6-8-10-13/h6-10,14-16,19-22,26-29H,4-5,11H2,1-3H3. The molecule has 0 amide bonds. The second-order valence-electron chi connectivity index (χ2n) is 8.14. The molecule has 2 heterocycles. The molecule has 0 aromatic heterocycles. The van der Waals surface area contributed by atoms with Crippen molar-refractivity contribution < 1.29 is 44.2 Å². The van der Waals surface area contributed by atoms with Crippen molar-refractivity contribution in [3.05, 3.63) is 47.2 Å². The summed E-state index contributed by atoms with van der Waals surface area (Å²) in [6.45, 7) is 4.43. The number of benzene rings is 1. The first kappa shape index (κ1) is 26.0. The molecule has 186 valence electrons. The van der Waals surface area contributed by atoms with Crippen LogP contribution in [0.1, 0.15) is 32.3 Å². The number of hydrogen-bond acceptors (Lipinski definition) is 10. The zero-order chi connectivity index (χ0) is 25.0. The van der Waals surface area contributed by atoms with Crippen molar-refractivity contribution in [3.63, 3.8) is 0 Å². The predicted octanol–water partition coefficient (Wildman–Crippen LogP) is 0.0836. The lowest BCUT2D eigenvalue weighted by atomic mass is 9.74. The van der Waals surface area contributed by atoms with E-state index in [1.165, 1.54) is 0 Å². The molecule has 1 aromatic carbocycles. The number of hydrogen-bond donors (Lipinski definition) is 4. The van der Waals surface area contributed by atoms with Gasteiger partial charge in [0.15, 0.2) is 0 Å². The van der Waals surface area contributed by atoms with Crippen LogP contribution in [0.25, 0.3) is 0 Å². The third-order valence-corrected chi connectivity index (χ3v) is 6.02. The van der Waals surface area contributed by atoms with Crippen molar-refractivity contribution in [2.24, 2.45) is 10.9 Å². The van der Waals surface area contributed by atoms with Crippen LogP contribution in [0.5, 0.6) is 0 Å². The highest BCUT2D eigenvalue weighted by Gasteiger charge is 2.50. The highest BCUT2D eigenvalue weighted by Crippen LogP contribution is 2.43. The Labute approximate surface area is 197 Å². The molecule has 7 atom stereocenters. The smallest absolute Gasteiger partial charge is 0.336 e.